The monoisotopic (exact) mass is 290 g/mol. The maximum atomic E-state index is 5.87. The Balaban J connectivity index is 1.81. The molecule has 116 valence electrons. The zero-order valence-corrected chi connectivity index (χ0v) is 12.8. The second kappa shape index (κ2) is 6.44. The number of methoxy groups -OCH3 is 1. The molecule has 21 heavy (non-hydrogen) atoms. The fourth-order valence-corrected chi connectivity index (χ4v) is 3.58. The maximum Gasteiger partial charge on any atom is 0.0929 e. The highest BCUT2D eigenvalue weighted by Crippen LogP contribution is 2.39. The van der Waals surface area contributed by atoms with E-state index in [4.69, 9.17) is 15.3 Å². The van der Waals surface area contributed by atoms with Gasteiger partial charge in [0.15, 0.2) is 0 Å². The van der Waals surface area contributed by atoms with E-state index in [1.54, 1.807) is 7.11 Å². The molecule has 3 rings (SSSR count). The van der Waals surface area contributed by atoms with E-state index >= 15 is 0 Å². The number of nitrogens with two attached hydrogens (primary N) is 1. The van der Waals surface area contributed by atoms with Crippen molar-refractivity contribution in [1.29, 1.82) is 0 Å². The van der Waals surface area contributed by atoms with Crippen LogP contribution in [0.5, 0.6) is 0 Å². The van der Waals surface area contributed by atoms with Gasteiger partial charge < -0.3 is 9.47 Å². The van der Waals surface area contributed by atoms with Gasteiger partial charge in [0.1, 0.15) is 0 Å². The first kappa shape index (κ1) is 15.0. The van der Waals surface area contributed by atoms with Crippen molar-refractivity contribution in [3.8, 4) is 0 Å². The van der Waals surface area contributed by atoms with Gasteiger partial charge in [0.2, 0.25) is 0 Å². The van der Waals surface area contributed by atoms with Crippen LogP contribution in [0.3, 0.4) is 0 Å². The summed E-state index contributed by atoms with van der Waals surface area (Å²) in [4.78, 5) is 0. The van der Waals surface area contributed by atoms with E-state index in [0.29, 0.717) is 0 Å². The molecule has 3 N–H and O–H groups in total. The third kappa shape index (κ3) is 2.86. The van der Waals surface area contributed by atoms with Gasteiger partial charge in [-0.3, -0.25) is 11.3 Å². The van der Waals surface area contributed by atoms with Gasteiger partial charge in [0.25, 0.3) is 0 Å². The summed E-state index contributed by atoms with van der Waals surface area (Å²) in [6.07, 6.45) is 5.76. The number of rotatable bonds is 5. The van der Waals surface area contributed by atoms with E-state index in [1.807, 2.05) is 0 Å². The highest BCUT2D eigenvalue weighted by Gasteiger charge is 2.41. The Kier molecular flexibility index (Phi) is 4.60. The first-order valence-corrected chi connectivity index (χ1v) is 7.98. The summed E-state index contributed by atoms with van der Waals surface area (Å²) in [5, 5.41) is 0. The molecule has 2 fully saturated rings. The number of hydrazine groups is 1. The van der Waals surface area contributed by atoms with Gasteiger partial charge in [-0.1, -0.05) is 30.7 Å². The van der Waals surface area contributed by atoms with Crippen LogP contribution in [-0.2, 0) is 9.47 Å². The van der Waals surface area contributed by atoms with Gasteiger partial charge in [-0.15, -0.1) is 0 Å². The van der Waals surface area contributed by atoms with Crippen LogP contribution in [0.1, 0.15) is 55.2 Å². The molecule has 1 saturated carbocycles. The fourth-order valence-electron chi connectivity index (χ4n) is 3.58. The average molecular weight is 290 g/mol. The number of benzene rings is 1. The molecule has 1 aromatic carbocycles. The predicted molar refractivity (Wildman–Crippen MR) is 82.9 cm³/mol. The fraction of sp³-hybridized carbons (Fsp3) is 0.647. The lowest BCUT2D eigenvalue weighted by molar-refractivity contribution is -0.111. The van der Waals surface area contributed by atoms with Crippen LogP contribution in [0, 0.1) is 0 Å². The smallest absolute Gasteiger partial charge is 0.0929 e. The summed E-state index contributed by atoms with van der Waals surface area (Å²) in [7, 11) is 1.78. The van der Waals surface area contributed by atoms with Crippen molar-refractivity contribution in [3.05, 3.63) is 35.4 Å². The van der Waals surface area contributed by atoms with Crippen LogP contribution in [0.15, 0.2) is 24.3 Å². The second-order valence-corrected chi connectivity index (χ2v) is 6.28. The number of nitrogens with one attached hydrogen (secondary N) is 1. The lowest BCUT2D eigenvalue weighted by atomic mass is 9.78. The van der Waals surface area contributed by atoms with Crippen molar-refractivity contribution < 1.29 is 9.47 Å². The molecule has 1 saturated heterocycles. The molecule has 4 nitrogen and oxygen atoms in total. The highest BCUT2D eigenvalue weighted by atomic mass is 16.5. The van der Waals surface area contributed by atoms with E-state index in [2.05, 4.69) is 29.7 Å². The molecule has 0 spiro atoms. The molecule has 2 aliphatic rings. The third-order valence-corrected chi connectivity index (χ3v) is 5.28. The van der Waals surface area contributed by atoms with Crippen LogP contribution < -0.4 is 11.3 Å². The maximum absolute atomic E-state index is 5.87. The van der Waals surface area contributed by atoms with Crippen molar-refractivity contribution in [2.45, 2.75) is 49.7 Å². The molecular weight excluding hydrogens is 264 g/mol. The number of ether oxygens (including phenoxy) is 2. The Morgan fingerprint density at radius 3 is 2.38 bits per heavy atom. The van der Waals surface area contributed by atoms with E-state index in [-0.39, 0.29) is 11.6 Å². The Labute approximate surface area is 127 Å². The van der Waals surface area contributed by atoms with Crippen LogP contribution in [0.25, 0.3) is 0 Å². The van der Waals surface area contributed by atoms with Crippen molar-refractivity contribution >= 4 is 0 Å². The van der Waals surface area contributed by atoms with E-state index in [9.17, 15) is 0 Å². The zero-order chi connectivity index (χ0) is 14.7. The van der Waals surface area contributed by atoms with Gasteiger partial charge >= 0.3 is 0 Å². The van der Waals surface area contributed by atoms with Gasteiger partial charge in [-0.2, -0.15) is 0 Å². The van der Waals surface area contributed by atoms with Crippen LogP contribution in [-0.4, -0.2) is 25.9 Å². The Morgan fingerprint density at radius 1 is 1.24 bits per heavy atom. The Morgan fingerprint density at radius 2 is 1.90 bits per heavy atom. The van der Waals surface area contributed by atoms with Gasteiger partial charge in [-0.05, 0) is 29.9 Å². The molecule has 1 atom stereocenters. The molecular formula is C17H26N2O2. The minimum Gasteiger partial charge on any atom is -0.381 e. The number of hydrogen-bond donors (Lipinski definition) is 2. The molecule has 4 heteroatoms. The van der Waals surface area contributed by atoms with Gasteiger partial charge in [0, 0.05) is 33.2 Å². The van der Waals surface area contributed by atoms with Crippen molar-refractivity contribution in [1.82, 2.24) is 5.43 Å². The quantitative estimate of drug-likeness (QED) is 0.646. The Hall–Kier alpha value is -0.940. The largest absolute Gasteiger partial charge is 0.381 e. The summed E-state index contributed by atoms with van der Waals surface area (Å²) >= 11 is 0. The van der Waals surface area contributed by atoms with Crippen LogP contribution >= 0.6 is 0 Å². The molecule has 1 unspecified atom stereocenters. The topological polar surface area (TPSA) is 56.5 Å². The number of hydrogen-bond acceptors (Lipinski definition) is 4. The summed E-state index contributed by atoms with van der Waals surface area (Å²) < 4.78 is 11.4. The van der Waals surface area contributed by atoms with Crippen molar-refractivity contribution in [3.63, 3.8) is 0 Å². The van der Waals surface area contributed by atoms with Crippen LogP contribution in [0.4, 0.5) is 0 Å². The Bertz CT molecular complexity index is 450. The first-order valence-electron chi connectivity index (χ1n) is 7.98. The van der Waals surface area contributed by atoms with E-state index in [1.165, 1.54) is 30.4 Å². The average Bonchev–Trinajstić information content (AvgIpc) is 2.49. The minimum atomic E-state index is -0.273. The predicted octanol–water partition coefficient (Wildman–Crippen LogP) is 2.65. The molecule has 1 heterocycles. The normalized spacial score (nSPS) is 23.5. The SMILES string of the molecule is COC1(C(NN)c2ccc(C3CCC3)cc2)CCOCC1. The second-order valence-electron chi connectivity index (χ2n) is 6.28. The zero-order valence-electron chi connectivity index (χ0n) is 12.8. The molecule has 1 aromatic rings. The highest BCUT2D eigenvalue weighted by molar-refractivity contribution is 5.30. The molecule has 0 radical (unpaired) electrons. The van der Waals surface area contributed by atoms with E-state index in [0.717, 1.165) is 32.0 Å². The molecule has 0 amide bonds. The van der Waals surface area contributed by atoms with Gasteiger partial charge in [-0.25, -0.2) is 0 Å². The first-order chi connectivity index (χ1) is 10.3. The molecule has 1 aliphatic carbocycles. The van der Waals surface area contributed by atoms with Crippen molar-refractivity contribution in [2.75, 3.05) is 20.3 Å². The standard InChI is InChI=1S/C17H26N2O2/c1-20-17(9-11-21-12-10-17)16(19-18)15-7-5-14(6-8-15)13-3-2-4-13/h5-8,13,16,19H,2-4,9-12,18H2,1H3. The summed E-state index contributed by atoms with van der Waals surface area (Å²) in [6.45, 7) is 1.46. The summed E-state index contributed by atoms with van der Waals surface area (Å²) in [5.74, 6) is 6.63. The minimum absolute atomic E-state index is 0.00170. The third-order valence-electron chi connectivity index (χ3n) is 5.28. The lowest BCUT2D eigenvalue weighted by Gasteiger charge is -2.42. The molecule has 0 bridgehead atoms. The molecule has 0 aromatic heterocycles. The summed E-state index contributed by atoms with van der Waals surface area (Å²) in [5.41, 5.74) is 5.36. The summed E-state index contributed by atoms with van der Waals surface area (Å²) in [6, 6.07) is 8.92. The molecule has 1 aliphatic heterocycles. The van der Waals surface area contributed by atoms with Crippen LogP contribution in [0.2, 0.25) is 0 Å². The van der Waals surface area contributed by atoms with Gasteiger partial charge in [0.05, 0.1) is 11.6 Å². The lowest BCUT2D eigenvalue weighted by Crippen LogP contribution is -2.51. The van der Waals surface area contributed by atoms with E-state index < -0.39 is 0 Å². The van der Waals surface area contributed by atoms with Crippen molar-refractivity contribution in [2.24, 2.45) is 5.84 Å².